The van der Waals surface area contributed by atoms with Crippen LogP contribution in [-0.2, 0) is 0 Å². The number of anilines is 1. The molecule has 0 bridgehead atoms. The third kappa shape index (κ3) is 2.09. The molecule has 1 amide bonds. The lowest BCUT2D eigenvalue weighted by atomic mass is 10.1. The van der Waals surface area contributed by atoms with Crippen LogP contribution in [0.3, 0.4) is 0 Å². The molecule has 0 atom stereocenters. The molecule has 0 saturated heterocycles. The lowest BCUT2D eigenvalue weighted by Crippen LogP contribution is -2.15. The van der Waals surface area contributed by atoms with Crippen molar-refractivity contribution >= 4 is 22.5 Å². The zero-order chi connectivity index (χ0) is 15.9. The maximum absolute atomic E-state index is 11.4. The highest BCUT2D eigenvalue weighted by Gasteiger charge is 2.14. The van der Waals surface area contributed by atoms with E-state index in [0.29, 0.717) is 17.1 Å². The summed E-state index contributed by atoms with van der Waals surface area (Å²) in [5.74, 6) is 0.124. The Morgan fingerprint density at radius 2 is 2.09 bits per heavy atom. The Hall–Kier alpha value is -2.89. The minimum absolute atomic E-state index is 0.357. The second kappa shape index (κ2) is 5.14. The summed E-state index contributed by atoms with van der Waals surface area (Å²) in [4.78, 5) is 15.7. The third-order valence-electron chi connectivity index (χ3n) is 3.73. The quantitative estimate of drug-likeness (QED) is 0.775. The van der Waals surface area contributed by atoms with Crippen LogP contribution in [0.2, 0.25) is 0 Å². The topological polar surface area (TPSA) is 85.8 Å². The maximum atomic E-state index is 11.4. The van der Waals surface area contributed by atoms with Crippen molar-refractivity contribution in [1.82, 2.24) is 14.8 Å². The Bertz CT molecular complexity index is 882. The van der Waals surface area contributed by atoms with Crippen molar-refractivity contribution in [3.63, 3.8) is 0 Å². The summed E-state index contributed by atoms with van der Waals surface area (Å²) in [6.07, 6.45) is 1.47. The number of amides is 1. The van der Waals surface area contributed by atoms with Crippen molar-refractivity contribution < 1.29 is 4.79 Å². The lowest BCUT2D eigenvalue weighted by Gasteiger charge is -2.09. The minimum Gasteiger partial charge on any atom is -0.387 e. The van der Waals surface area contributed by atoms with E-state index in [4.69, 9.17) is 5.73 Å². The van der Waals surface area contributed by atoms with Crippen molar-refractivity contribution in [2.45, 2.75) is 13.8 Å². The predicted molar refractivity (Wildman–Crippen MR) is 86.4 cm³/mol. The van der Waals surface area contributed by atoms with Crippen LogP contribution in [0.4, 0.5) is 5.69 Å². The van der Waals surface area contributed by atoms with Crippen molar-refractivity contribution in [2.24, 2.45) is 5.73 Å². The molecule has 3 rings (SSSR count). The van der Waals surface area contributed by atoms with Gasteiger partial charge in [0.05, 0.1) is 22.5 Å². The van der Waals surface area contributed by atoms with Gasteiger partial charge in [0, 0.05) is 24.7 Å². The van der Waals surface area contributed by atoms with Crippen LogP contribution in [0.25, 0.3) is 16.7 Å². The van der Waals surface area contributed by atoms with Gasteiger partial charge in [-0.15, -0.1) is 0 Å². The molecule has 0 radical (unpaired) electrons. The van der Waals surface area contributed by atoms with Crippen LogP contribution in [0.1, 0.15) is 21.6 Å². The van der Waals surface area contributed by atoms with E-state index >= 15 is 0 Å². The number of hydrogen-bond donors (Lipinski definition) is 2. The standard InChI is InChI=1S/C16H17N5O/c1-9-5-4-6-13-15(9)10(2)20-21(13)14-7-12(18-3)11(8-19-14)16(17)22/h4-8H,1-3H3,(H2,17,22)(H,18,19). The summed E-state index contributed by atoms with van der Waals surface area (Å²) in [6.45, 7) is 4.03. The highest BCUT2D eigenvalue weighted by molar-refractivity contribution is 5.98. The third-order valence-corrected chi connectivity index (χ3v) is 3.73. The molecule has 0 aliphatic heterocycles. The first-order valence-electron chi connectivity index (χ1n) is 6.96. The molecule has 1 aromatic carbocycles. The molecule has 0 unspecified atom stereocenters. The Labute approximate surface area is 128 Å². The first-order chi connectivity index (χ1) is 10.5. The summed E-state index contributed by atoms with van der Waals surface area (Å²) in [7, 11) is 1.74. The van der Waals surface area contributed by atoms with E-state index in [9.17, 15) is 4.79 Å². The molecule has 6 nitrogen and oxygen atoms in total. The Morgan fingerprint density at radius 1 is 1.32 bits per heavy atom. The average molecular weight is 295 g/mol. The number of carbonyl (C=O) groups is 1. The normalized spacial score (nSPS) is 10.9. The van der Waals surface area contributed by atoms with Crippen molar-refractivity contribution in [3.8, 4) is 5.82 Å². The van der Waals surface area contributed by atoms with Crippen LogP contribution in [0, 0.1) is 13.8 Å². The summed E-state index contributed by atoms with van der Waals surface area (Å²) >= 11 is 0. The monoisotopic (exact) mass is 295 g/mol. The van der Waals surface area contributed by atoms with Gasteiger partial charge >= 0.3 is 0 Å². The number of aryl methyl sites for hydroxylation is 2. The van der Waals surface area contributed by atoms with E-state index < -0.39 is 5.91 Å². The Kier molecular flexibility index (Phi) is 3.29. The molecule has 0 fully saturated rings. The molecule has 2 heterocycles. The zero-order valence-electron chi connectivity index (χ0n) is 12.7. The molecular weight excluding hydrogens is 278 g/mol. The second-order valence-corrected chi connectivity index (χ2v) is 5.17. The highest BCUT2D eigenvalue weighted by Crippen LogP contribution is 2.25. The Morgan fingerprint density at radius 3 is 2.77 bits per heavy atom. The fourth-order valence-corrected chi connectivity index (χ4v) is 2.69. The smallest absolute Gasteiger partial charge is 0.252 e. The van der Waals surface area contributed by atoms with Crippen molar-refractivity contribution in [1.29, 1.82) is 0 Å². The molecule has 0 aliphatic rings. The van der Waals surface area contributed by atoms with Crippen LogP contribution in [0.15, 0.2) is 30.5 Å². The molecule has 0 saturated carbocycles. The molecule has 0 aliphatic carbocycles. The number of nitrogens with zero attached hydrogens (tertiary/aromatic N) is 3. The highest BCUT2D eigenvalue weighted by atomic mass is 16.1. The van der Waals surface area contributed by atoms with Crippen LogP contribution in [-0.4, -0.2) is 27.7 Å². The summed E-state index contributed by atoms with van der Waals surface area (Å²) in [5, 5.41) is 8.67. The van der Waals surface area contributed by atoms with Crippen molar-refractivity contribution in [3.05, 3.63) is 47.3 Å². The van der Waals surface area contributed by atoms with Gasteiger partial charge < -0.3 is 11.1 Å². The molecule has 0 spiro atoms. The van der Waals surface area contributed by atoms with Gasteiger partial charge in [-0.25, -0.2) is 9.67 Å². The van der Waals surface area contributed by atoms with Crippen LogP contribution in [0.5, 0.6) is 0 Å². The number of carbonyl (C=O) groups excluding carboxylic acids is 1. The van der Waals surface area contributed by atoms with Gasteiger partial charge in [-0.05, 0) is 25.5 Å². The van der Waals surface area contributed by atoms with Crippen LogP contribution < -0.4 is 11.1 Å². The number of pyridine rings is 1. The summed E-state index contributed by atoms with van der Waals surface area (Å²) in [6, 6.07) is 7.83. The lowest BCUT2D eigenvalue weighted by molar-refractivity contribution is 0.100. The van der Waals surface area contributed by atoms with Gasteiger partial charge in [0.1, 0.15) is 0 Å². The molecule has 112 valence electrons. The fraction of sp³-hybridized carbons (Fsp3) is 0.188. The number of nitrogens with one attached hydrogen (secondary N) is 1. The SMILES string of the molecule is CNc1cc(-n2nc(C)c3c(C)cccc32)ncc1C(N)=O. The van der Waals surface area contributed by atoms with Gasteiger partial charge in [-0.3, -0.25) is 4.79 Å². The number of hydrogen-bond acceptors (Lipinski definition) is 4. The molecule has 3 N–H and O–H groups in total. The number of fused-ring (bicyclic) bond motifs is 1. The molecule has 22 heavy (non-hydrogen) atoms. The van der Waals surface area contributed by atoms with E-state index in [2.05, 4.69) is 28.4 Å². The minimum atomic E-state index is -0.513. The Balaban J connectivity index is 2.24. The largest absolute Gasteiger partial charge is 0.387 e. The van der Waals surface area contributed by atoms with Gasteiger partial charge in [-0.1, -0.05) is 12.1 Å². The number of aromatic nitrogens is 3. The number of rotatable bonds is 3. The van der Waals surface area contributed by atoms with Gasteiger partial charge in [0.15, 0.2) is 5.82 Å². The molecular formula is C16H17N5O. The first kappa shape index (κ1) is 14.1. The average Bonchev–Trinajstić information content (AvgIpc) is 2.85. The summed E-state index contributed by atoms with van der Waals surface area (Å²) < 4.78 is 1.78. The predicted octanol–water partition coefficient (Wildman–Crippen LogP) is 2.18. The van der Waals surface area contributed by atoms with Gasteiger partial charge in [0.25, 0.3) is 5.91 Å². The molecule has 3 aromatic rings. The molecule has 2 aromatic heterocycles. The molecule has 6 heteroatoms. The fourth-order valence-electron chi connectivity index (χ4n) is 2.69. The number of nitrogens with two attached hydrogens (primary N) is 1. The van der Waals surface area contributed by atoms with Crippen molar-refractivity contribution in [2.75, 3.05) is 12.4 Å². The van der Waals surface area contributed by atoms with Gasteiger partial charge in [0.2, 0.25) is 0 Å². The maximum Gasteiger partial charge on any atom is 0.252 e. The zero-order valence-corrected chi connectivity index (χ0v) is 12.7. The number of primary amides is 1. The van der Waals surface area contributed by atoms with Gasteiger partial charge in [-0.2, -0.15) is 5.10 Å². The van der Waals surface area contributed by atoms with E-state index in [1.54, 1.807) is 17.8 Å². The first-order valence-corrected chi connectivity index (χ1v) is 6.96. The van der Waals surface area contributed by atoms with E-state index in [0.717, 1.165) is 16.6 Å². The van der Waals surface area contributed by atoms with E-state index in [1.165, 1.54) is 11.8 Å². The van der Waals surface area contributed by atoms with Crippen LogP contribution >= 0.6 is 0 Å². The summed E-state index contributed by atoms with van der Waals surface area (Å²) in [5.41, 5.74) is 9.44. The second-order valence-electron chi connectivity index (χ2n) is 5.17. The van der Waals surface area contributed by atoms with E-state index in [-0.39, 0.29) is 0 Å². The number of benzene rings is 1. The van der Waals surface area contributed by atoms with E-state index in [1.807, 2.05) is 19.1 Å².